The highest BCUT2D eigenvalue weighted by atomic mass is 35.5. The third-order valence-electron chi connectivity index (χ3n) is 1.94. The maximum atomic E-state index is 5.37. The van der Waals surface area contributed by atoms with E-state index in [2.05, 4.69) is 10.2 Å². The van der Waals surface area contributed by atoms with Gasteiger partial charge in [-0.3, -0.25) is 0 Å². The molecule has 0 aliphatic rings. The van der Waals surface area contributed by atoms with Gasteiger partial charge in [-0.15, -0.1) is 22.6 Å². The van der Waals surface area contributed by atoms with Crippen LogP contribution < -0.4 is 5.73 Å². The van der Waals surface area contributed by atoms with Gasteiger partial charge in [-0.05, 0) is 19.1 Å². The molecule has 5 heteroatoms. The van der Waals surface area contributed by atoms with Crippen LogP contribution in [0.25, 0.3) is 11.5 Å². The maximum absolute atomic E-state index is 5.37. The fourth-order valence-electron chi connectivity index (χ4n) is 1.15. The summed E-state index contributed by atoms with van der Waals surface area (Å²) >= 11 is 0. The smallest absolute Gasteiger partial charge is 0.247 e. The van der Waals surface area contributed by atoms with E-state index in [1.807, 2.05) is 31.2 Å². The SMILES string of the molecule is Cc1ccc(-c2nnc(CN)o2)cc1.Cl. The summed E-state index contributed by atoms with van der Waals surface area (Å²) in [4.78, 5) is 0. The highest BCUT2D eigenvalue weighted by Gasteiger charge is 2.05. The first kappa shape index (κ1) is 11.7. The molecule has 0 saturated carbocycles. The molecule has 1 aromatic carbocycles. The van der Waals surface area contributed by atoms with Crippen LogP contribution in [0.4, 0.5) is 0 Å². The Hall–Kier alpha value is -1.39. The van der Waals surface area contributed by atoms with Crippen molar-refractivity contribution in [1.82, 2.24) is 10.2 Å². The number of hydrogen-bond donors (Lipinski definition) is 1. The molecular formula is C10H12ClN3O. The van der Waals surface area contributed by atoms with E-state index in [-0.39, 0.29) is 19.0 Å². The van der Waals surface area contributed by atoms with E-state index in [0.717, 1.165) is 5.56 Å². The van der Waals surface area contributed by atoms with Crippen molar-refractivity contribution in [2.75, 3.05) is 0 Å². The molecule has 0 amide bonds. The van der Waals surface area contributed by atoms with Gasteiger partial charge in [0.2, 0.25) is 11.8 Å². The predicted molar refractivity (Wildman–Crippen MR) is 59.6 cm³/mol. The van der Waals surface area contributed by atoms with Gasteiger partial charge in [-0.25, -0.2) is 0 Å². The summed E-state index contributed by atoms with van der Waals surface area (Å²) in [6.07, 6.45) is 0. The van der Waals surface area contributed by atoms with Gasteiger partial charge in [-0.2, -0.15) is 0 Å². The molecule has 0 unspecified atom stereocenters. The summed E-state index contributed by atoms with van der Waals surface area (Å²) < 4.78 is 5.31. The lowest BCUT2D eigenvalue weighted by atomic mass is 10.1. The minimum Gasteiger partial charge on any atom is -0.419 e. The van der Waals surface area contributed by atoms with E-state index < -0.39 is 0 Å². The molecule has 0 fully saturated rings. The third-order valence-corrected chi connectivity index (χ3v) is 1.94. The first-order chi connectivity index (χ1) is 6.79. The van der Waals surface area contributed by atoms with Crippen molar-refractivity contribution in [2.24, 2.45) is 5.73 Å². The van der Waals surface area contributed by atoms with Crippen LogP contribution in [-0.4, -0.2) is 10.2 Å². The first-order valence-corrected chi connectivity index (χ1v) is 4.39. The molecule has 0 spiro atoms. The lowest BCUT2D eigenvalue weighted by molar-refractivity contribution is 0.508. The molecule has 2 rings (SSSR count). The summed E-state index contributed by atoms with van der Waals surface area (Å²) in [6.45, 7) is 2.31. The van der Waals surface area contributed by atoms with Crippen LogP contribution in [0.5, 0.6) is 0 Å². The minimum absolute atomic E-state index is 0. The normalized spacial score (nSPS) is 9.73. The summed E-state index contributed by atoms with van der Waals surface area (Å²) in [6, 6.07) is 7.90. The highest BCUT2D eigenvalue weighted by Crippen LogP contribution is 2.17. The summed E-state index contributed by atoms with van der Waals surface area (Å²) in [5, 5.41) is 7.68. The Balaban J connectivity index is 0.00000112. The van der Waals surface area contributed by atoms with E-state index in [4.69, 9.17) is 10.2 Å². The van der Waals surface area contributed by atoms with Gasteiger partial charge in [0.05, 0.1) is 6.54 Å². The lowest BCUT2D eigenvalue weighted by Gasteiger charge is -1.94. The second kappa shape index (κ2) is 4.91. The number of halogens is 1. The van der Waals surface area contributed by atoms with Crippen molar-refractivity contribution < 1.29 is 4.42 Å². The molecule has 1 aromatic heterocycles. The van der Waals surface area contributed by atoms with Gasteiger partial charge in [0.25, 0.3) is 0 Å². The van der Waals surface area contributed by atoms with Gasteiger partial charge in [-0.1, -0.05) is 17.7 Å². The average Bonchev–Trinajstić information content (AvgIpc) is 2.67. The largest absolute Gasteiger partial charge is 0.419 e. The van der Waals surface area contributed by atoms with Gasteiger partial charge >= 0.3 is 0 Å². The van der Waals surface area contributed by atoms with Crippen LogP contribution in [-0.2, 0) is 6.54 Å². The topological polar surface area (TPSA) is 64.9 Å². The number of aromatic nitrogens is 2. The van der Waals surface area contributed by atoms with Crippen LogP contribution in [0.1, 0.15) is 11.5 Å². The Morgan fingerprint density at radius 3 is 2.40 bits per heavy atom. The Bertz CT molecular complexity index is 424. The quantitative estimate of drug-likeness (QED) is 0.848. The Labute approximate surface area is 93.9 Å². The molecule has 0 atom stereocenters. The third kappa shape index (κ3) is 2.55. The summed E-state index contributed by atoms with van der Waals surface area (Å²) in [7, 11) is 0. The van der Waals surface area contributed by atoms with Crippen molar-refractivity contribution in [2.45, 2.75) is 13.5 Å². The Morgan fingerprint density at radius 1 is 1.20 bits per heavy atom. The molecule has 0 saturated heterocycles. The van der Waals surface area contributed by atoms with Crippen LogP contribution in [0.3, 0.4) is 0 Å². The van der Waals surface area contributed by atoms with Gasteiger partial charge in [0.1, 0.15) is 0 Å². The molecule has 0 aliphatic heterocycles. The van der Waals surface area contributed by atoms with Crippen molar-refractivity contribution in [3.8, 4) is 11.5 Å². The molecular weight excluding hydrogens is 214 g/mol. The first-order valence-electron chi connectivity index (χ1n) is 4.39. The van der Waals surface area contributed by atoms with Crippen molar-refractivity contribution in [1.29, 1.82) is 0 Å². The van der Waals surface area contributed by atoms with Gasteiger partial charge < -0.3 is 10.2 Å². The molecule has 2 aromatic rings. The molecule has 4 nitrogen and oxygen atoms in total. The molecule has 2 N–H and O–H groups in total. The summed E-state index contributed by atoms with van der Waals surface area (Å²) in [5.74, 6) is 0.978. The van der Waals surface area contributed by atoms with Gasteiger partial charge in [0, 0.05) is 5.56 Å². The number of benzene rings is 1. The van der Waals surface area contributed by atoms with E-state index in [0.29, 0.717) is 11.8 Å². The van der Waals surface area contributed by atoms with E-state index >= 15 is 0 Å². The Morgan fingerprint density at radius 2 is 1.87 bits per heavy atom. The molecule has 0 radical (unpaired) electrons. The van der Waals surface area contributed by atoms with Crippen LogP contribution in [0, 0.1) is 6.92 Å². The van der Waals surface area contributed by atoms with E-state index in [9.17, 15) is 0 Å². The molecule has 0 aliphatic carbocycles. The second-order valence-corrected chi connectivity index (χ2v) is 3.07. The van der Waals surface area contributed by atoms with Gasteiger partial charge in [0.15, 0.2) is 0 Å². The van der Waals surface area contributed by atoms with Crippen LogP contribution >= 0.6 is 12.4 Å². The second-order valence-electron chi connectivity index (χ2n) is 3.07. The highest BCUT2D eigenvalue weighted by molar-refractivity contribution is 5.85. The standard InChI is InChI=1S/C10H11N3O.ClH/c1-7-2-4-8(5-3-7)10-13-12-9(6-11)14-10;/h2-5H,6,11H2,1H3;1H. The minimum atomic E-state index is 0. The van der Waals surface area contributed by atoms with Crippen molar-refractivity contribution in [3.63, 3.8) is 0 Å². The zero-order chi connectivity index (χ0) is 9.97. The fraction of sp³-hybridized carbons (Fsp3) is 0.200. The molecule has 1 heterocycles. The number of nitrogens with zero attached hydrogens (tertiary/aromatic N) is 2. The summed E-state index contributed by atoms with van der Waals surface area (Å²) in [5.41, 5.74) is 7.49. The van der Waals surface area contributed by atoms with Crippen molar-refractivity contribution in [3.05, 3.63) is 35.7 Å². The van der Waals surface area contributed by atoms with Crippen molar-refractivity contribution >= 4 is 12.4 Å². The number of aryl methyl sites for hydroxylation is 1. The fourth-order valence-corrected chi connectivity index (χ4v) is 1.15. The van der Waals surface area contributed by atoms with E-state index in [1.165, 1.54) is 5.56 Å². The molecule has 15 heavy (non-hydrogen) atoms. The number of hydrogen-bond acceptors (Lipinski definition) is 4. The molecule has 0 bridgehead atoms. The lowest BCUT2D eigenvalue weighted by Crippen LogP contribution is -1.95. The van der Waals surface area contributed by atoms with Crippen LogP contribution in [0.15, 0.2) is 28.7 Å². The maximum Gasteiger partial charge on any atom is 0.247 e. The van der Waals surface area contributed by atoms with E-state index in [1.54, 1.807) is 0 Å². The average molecular weight is 226 g/mol. The molecule has 80 valence electrons. The zero-order valence-corrected chi connectivity index (χ0v) is 9.12. The number of rotatable bonds is 2. The van der Waals surface area contributed by atoms with Crippen LogP contribution in [0.2, 0.25) is 0 Å². The predicted octanol–water partition coefficient (Wildman–Crippen LogP) is 1.93. The zero-order valence-electron chi connectivity index (χ0n) is 8.30. The number of nitrogens with two attached hydrogens (primary N) is 1. The monoisotopic (exact) mass is 225 g/mol. The Kier molecular flexibility index (Phi) is 3.82.